The van der Waals surface area contributed by atoms with Gasteiger partial charge in [0.2, 0.25) is 0 Å². The van der Waals surface area contributed by atoms with Gasteiger partial charge < -0.3 is 9.67 Å². The summed E-state index contributed by atoms with van der Waals surface area (Å²) in [5.41, 5.74) is -1.07. The largest absolute Gasteiger partial charge is 0.434 e. The molecule has 0 saturated heterocycles. The van der Waals surface area contributed by atoms with Gasteiger partial charge >= 0.3 is 6.18 Å². The van der Waals surface area contributed by atoms with E-state index in [1.165, 1.54) is 0 Å². The molecule has 3 nitrogen and oxygen atoms in total. The van der Waals surface area contributed by atoms with E-state index in [9.17, 15) is 18.3 Å². The molecule has 0 radical (unpaired) electrons. The molecule has 1 aromatic rings. The zero-order chi connectivity index (χ0) is 14.1. The molecule has 6 heteroatoms. The molecule has 3 fully saturated rings. The highest BCUT2D eigenvalue weighted by Gasteiger charge is 2.70. The molecule has 0 atom stereocenters. The van der Waals surface area contributed by atoms with Gasteiger partial charge in [-0.3, -0.25) is 0 Å². The van der Waals surface area contributed by atoms with Crippen molar-refractivity contribution in [3.8, 4) is 0 Å². The molecule has 0 aromatic carbocycles. The Labute approximate surface area is 109 Å². The maximum Gasteiger partial charge on any atom is 0.434 e. The normalized spacial score (nSPS) is 33.2. The lowest BCUT2D eigenvalue weighted by molar-refractivity contribution is -0.174. The minimum absolute atomic E-state index is 0.0356. The Morgan fingerprint density at radius 3 is 2.37 bits per heavy atom. The number of halogens is 3. The van der Waals surface area contributed by atoms with Crippen LogP contribution in [0, 0.1) is 5.41 Å². The van der Waals surface area contributed by atoms with E-state index in [-0.39, 0.29) is 23.5 Å². The van der Waals surface area contributed by atoms with E-state index in [0.717, 1.165) is 25.5 Å². The molecule has 1 aromatic heterocycles. The number of rotatable bonds is 3. The number of imidazole rings is 1. The molecule has 19 heavy (non-hydrogen) atoms. The van der Waals surface area contributed by atoms with Crippen LogP contribution in [0.5, 0.6) is 0 Å². The zero-order valence-electron chi connectivity index (χ0n) is 11.0. The first-order valence-corrected chi connectivity index (χ1v) is 6.49. The second-order valence-electron chi connectivity index (χ2n) is 6.42. The van der Waals surface area contributed by atoms with E-state index < -0.39 is 11.9 Å². The first kappa shape index (κ1) is 13.0. The van der Waals surface area contributed by atoms with Gasteiger partial charge in [0, 0.05) is 24.3 Å². The van der Waals surface area contributed by atoms with Gasteiger partial charge in [-0.25, -0.2) is 4.98 Å². The van der Waals surface area contributed by atoms with Crippen molar-refractivity contribution in [1.82, 2.24) is 9.55 Å². The molecule has 1 heterocycles. The van der Waals surface area contributed by atoms with E-state index >= 15 is 0 Å². The number of alkyl halides is 3. The van der Waals surface area contributed by atoms with E-state index in [1.54, 1.807) is 4.57 Å². The average Bonchev–Trinajstić information content (AvgIpc) is 2.58. The maximum atomic E-state index is 12.8. The van der Waals surface area contributed by atoms with Crippen molar-refractivity contribution in [2.45, 2.75) is 50.7 Å². The summed E-state index contributed by atoms with van der Waals surface area (Å²) in [6, 6.07) is -0.0438. The first-order chi connectivity index (χ1) is 8.71. The highest BCUT2D eigenvalue weighted by molar-refractivity contribution is 5.33. The standard InChI is InChI=1S/C13H17F3N2O/c1-8(2)18-3-9(13(14,15)16)17-10(18)12-4-11(5-12,6-12)7-19/h3,8,19H,4-7H2,1-2H3. The molecule has 0 aliphatic heterocycles. The van der Waals surface area contributed by atoms with Gasteiger partial charge in [-0.15, -0.1) is 0 Å². The van der Waals surface area contributed by atoms with E-state index in [0.29, 0.717) is 5.82 Å². The lowest BCUT2D eigenvalue weighted by Crippen LogP contribution is -2.67. The second kappa shape index (κ2) is 3.53. The van der Waals surface area contributed by atoms with Crippen molar-refractivity contribution in [2.24, 2.45) is 5.41 Å². The minimum atomic E-state index is -4.40. The lowest BCUT2D eigenvalue weighted by atomic mass is 9.35. The fourth-order valence-corrected chi connectivity index (χ4v) is 3.72. The Morgan fingerprint density at radius 1 is 1.37 bits per heavy atom. The summed E-state index contributed by atoms with van der Waals surface area (Å²) in [5.74, 6) is 0.546. The van der Waals surface area contributed by atoms with Crippen molar-refractivity contribution < 1.29 is 18.3 Å². The lowest BCUT2D eigenvalue weighted by Gasteiger charge is -2.69. The Balaban J connectivity index is 1.96. The molecule has 3 aliphatic carbocycles. The van der Waals surface area contributed by atoms with Crippen molar-refractivity contribution in [3.05, 3.63) is 17.7 Å². The fraction of sp³-hybridized carbons (Fsp3) is 0.769. The van der Waals surface area contributed by atoms with Gasteiger partial charge in [0.25, 0.3) is 0 Å². The SMILES string of the molecule is CC(C)n1cc(C(F)(F)F)nc1C12CC(CO)(C1)C2. The topological polar surface area (TPSA) is 38.0 Å². The molecule has 3 aliphatic rings. The van der Waals surface area contributed by atoms with Gasteiger partial charge in [-0.05, 0) is 38.5 Å². The third-order valence-electron chi connectivity index (χ3n) is 4.53. The predicted octanol–water partition coefficient (Wildman–Crippen LogP) is 2.90. The highest BCUT2D eigenvalue weighted by atomic mass is 19.4. The molecule has 0 spiro atoms. The van der Waals surface area contributed by atoms with Crippen LogP contribution < -0.4 is 0 Å². The summed E-state index contributed by atoms with van der Waals surface area (Å²) in [5, 5.41) is 9.25. The number of hydrogen-bond donors (Lipinski definition) is 1. The van der Waals surface area contributed by atoms with Gasteiger partial charge in [-0.1, -0.05) is 0 Å². The molecule has 0 unspecified atom stereocenters. The first-order valence-electron chi connectivity index (χ1n) is 6.49. The summed E-state index contributed by atoms with van der Waals surface area (Å²) in [6.07, 6.45) is -0.994. The smallest absolute Gasteiger partial charge is 0.396 e. The van der Waals surface area contributed by atoms with Crippen LogP contribution in [-0.2, 0) is 11.6 Å². The Bertz CT molecular complexity index is 499. The summed E-state index contributed by atoms with van der Waals surface area (Å²) in [4.78, 5) is 3.86. The molecule has 3 saturated carbocycles. The van der Waals surface area contributed by atoms with Crippen LogP contribution in [0.3, 0.4) is 0 Å². The predicted molar refractivity (Wildman–Crippen MR) is 62.7 cm³/mol. The zero-order valence-corrected chi connectivity index (χ0v) is 11.0. The molecular weight excluding hydrogens is 257 g/mol. The number of nitrogens with zero attached hydrogens (tertiary/aromatic N) is 2. The van der Waals surface area contributed by atoms with E-state index in [4.69, 9.17) is 0 Å². The quantitative estimate of drug-likeness (QED) is 0.920. The maximum absolute atomic E-state index is 12.8. The van der Waals surface area contributed by atoms with E-state index in [1.807, 2.05) is 13.8 Å². The molecule has 106 valence electrons. The van der Waals surface area contributed by atoms with Crippen molar-refractivity contribution in [2.75, 3.05) is 6.61 Å². The van der Waals surface area contributed by atoms with Crippen molar-refractivity contribution in [1.29, 1.82) is 0 Å². The van der Waals surface area contributed by atoms with Gasteiger partial charge in [0.15, 0.2) is 5.69 Å². The summed E-state index contributed by atoms with van der Waals surface area (Å²) in [7, 11) is 0. The monoisotopic (exact) mass is 274 g/mol. The molecular formula is C13H17F3N2O. The van der Waals surface area contributed by atoms with Crippen LogP contribution in [0.25, 0.3) is 0 Å². The van der Waals surface area contributed by atoms with Crippen molar-refractivity contribution in [3.63, 3.8) is 0 Å². The average molecular weight is 274 g/mol. The number of aliphatic hydroxyl groups is 1. The fourth-order valence-electron chi connectivity index (χ4n) is 3.72. The van der Waals surface area contributed by atoms with Crippen LogP contribution in [0.1, 0.15) is 50.7 Å². The summed E-state index contributed by atoms with van der Waals surface area (Å²) >= 11 is 0. The number of hydrogen-bond acceptors (Lipinski definition) is 2. The van der Waals surface area contributed by atoms with Crippen LogP contribution in [0.4, 0.5) is 13.2 Å². The van der Waals surface area contributed by atoms with Gasteiger partial charge in [0.05, 0.1) is 0 Å². The number of aliphatic hydroxyl groups excluding tert-OH is 1. The molecule has 4 rings (SSSR count). The summed E-state index contributed by atoms with van der Waals surface area (Å²) in [6.45, 7) is 3.85. The highest BCUT2D eigenvalue weighted by Crippen LogP contribution is 2.73. The van der Waals surface area contributed by atoms with Gasteiger partial charge in [-0.2, -0.15) is 13.2 Å². The molecule has 2 bridgehead atoms. The molecule has 1 N–H and O–H groups in total. The summed E-state index contributed by atoms with van der Waals surface area (Å²) < 4.78 is 40.0. The Morgan fingerprint density at radius 2 is 1.95 bits per heavy atom. The number of aromatic nitrogens is 2. The van der Waals surface area contributed by atoms with Crippen LogP contribution in [0.15, 0.2) is 6.20 Å². The third-order valence-corrected chi connectivity index (χ3v) is 4.53. The Kier molecular flexibility index (Phi) is 2.41. The third kappa shape index (κ3) is 1.65. The molecule has 0 amide bonds. The second-order valence-corrected chi connectivity index (χ2v) is 6.42. The Hall–Kier alpha value is -1.04. The van der Waals surface area contributed by atoms with Crippen LogP contribution in [-0.4, -0.2) is 21.3 Å². The van der Waals surface area contributed by atoms with Gasteiger partial charge in [0.1, 0.15) is 5.82 Å². The van der Waals surface area contributed by atoms with Crippen molar-refractivity contribution >= 4 is 0 Å². The van der Waals surface area contributed by atoms with Crippen LogP contribution in [0.2, 0.25) is 0 Å². The minimum Gasteiger partial charge on any atom is -0.396 e. The van der Waals surface area contributed by atoms with E-state index in [2.05, 4.69) is 4.98 Å². The van der Waals surface area contributed by atoms with Crippen LogP contribution >= 0.6 is 0 Å².